The van der Waals surface area contributed by atoms with Crippen LogP contribution >= 0.6 is 23.2 Å². The molecule has 0 saturated carbocycles. The van der Waals surface area contributed by atoms with Crippen molar-refractivity contribution in [2.45, 2.75) is 6.10 Å². The Morgan fingerprint density at radius 1 is 0.692 bits per heavy atom. The minimum absolute atomic E-state index is 0.115. The van der Waals surface area contributed by atoms with Crippen molar-refractivity contribution in [2.24, 2.45) is 14.1 Å². The fraction of sp³-hybridized carbons (Fsp3) is 0.0769. The van der Waals surface area contributed by atoms with E-state index in [0.717, 1.165) is 18.2 Å². The number of rotatable bonds is 7. The molecular formula is C39H27Cl2F4N5O2. The van der Waals surface area contributed by atoms with Crippen LogP contribution < -0.4 is 0 Å². The van der Waals surface area contributed by atoms with Crippen molar-refractivity contribution in [3.05, 3.63) is 159 Å². The smallest absolute Gasteiger partial charge is 0.154 e. The fourth-order valence-corrected chi connectivity index (χ4v) is 6.05. The lowest BCUT2D eigenvalue weighted by Crippen LogP contribution is -2.05. The molecule has 52 heavy (non-hydrogen) atoms. The number of halogens is 6. The molecule has 4 aromatic carbocycles. The summed E-state index contributed by atoms with van der Waals surface area (Å²) in [5, 5.41) is 21.1. The summed E-state index contributed by atoms with van der Waals surface area (Å²) in [4.78, 5) is 15.6. The summed E-state index contributed by atoms with van der Waals surface area (Å²) < 4.78 is 58.2. The summed E-state index contributed by atoms with van der Waals surface area (Å²) in [5.41, 5.74) is 4.33. The van der Waals surface area contributed by atoms with E-state index in [1.54, 1.807) is 81.0 Å². The molecule has 1 N–H and O–H groups in total. The van der Waals surface area contributed by atoms with Gasteiger partial charge in [0.25, 0.3) is 0 Å². The molecule has 0 aliphatic rings. The van der Waals surface area contributed by atoms with Crippen molar-refractivity contribution < 1.29 is 27.5 Å². The summed E-state index contributed by atoms with van der Waals surface area (Å²) in [7, 11) is 3.25. The number of benzene rings is 4. The third kappa shape index (κ3) is 7.38. The van der Waals surface area contributed by atoms with Gasteiger partial charge < -0.3 is 5.11 Å². The lowest BCUT2D eigenvalue weighted by Gasteiger charge is -2.15. The highest BCUT2D eigenvalue weighted by molar-refractivity contribution is 6.31. The van der Waals surface area contributed by atoms with Crippen LogP contribution in [0, 0.1) is 23.3 Å². The molecule has 0 fully saturated rings. The van der Waals surface area contributed by atoms with E-state index < -0.39 is 29.4 Å². The molecule has 1 unspecified atom stereocenters. The molecule has 0 amide bonds. The van der Waals surface area contributed by atoms with Gasteiger partial charge in [-0.05, 0) is 54.6 Å². The zero-order valence-corrected chi connectivity index (χ0v) is 28.9. The van der Waals surface area contributed by atoms with E-state index in [4.69, 9.17) is 23.2 Å². The molecule has 0 aliphatic carbocycles. The topological polar surface area (TPSA) is 85.8 Å². The number of aliphatic hydroxyl groups is 1. The van der Waals surface area contributed by atoms with Crippen LogP contribution in [0.3, 0.4) is 0 Å². The number of pyridine rings is 1. The highest BCUT2D eigenvalue weighted by Gasteiger charge is 2.28. The van der Waals surface area contributed by atoms with E-state index in [1.807, 2.05) is 0 Å². The molecule has 7 rings (SSSR count). The van der Waals surface area contributed by atoms with Crippen molar-refractivity contribution in [3.63, 3.8) is 0 Å². The molecule has 3 heterocycles. The minimum atomic E-state index is -1.12. The average Bonchev–Trinajstić information content (AvgIpc) is 3.65. The molecule has 0 saturated heterocycles. The predicted octanol–water partition coefficient (Wildman–Crippen LogP) is 9.66. The lowest BCUT2D eigenvalue weighted by molar-refractivity contribution is 0.112. The Balaban J connectivity index is 0.000000183. The Morgan fingerprint density at radius 2 is 1.19 bits per heavy atom. The van der Waals surface area contributed by atoms with Crippen molar-refractivity contribution >= 4 is 29.5 Å². The second-order valence-corrected chi connectivity index (χ2v) is 12.4. The summed E-state index contributed by atoms with van der Waals surface area (Å²) in [5.74, 6) is -2.85. The molecule has 0 spiro atoms. The predicted molar refractivity (Wildman–Crippen MR) is 192 cm³/mol. The quantitative estimate of drug-likeness (QED) is 0.130. The Morgan fingerprint density at radius 3 is 1.69 bits per heavy atom. The van der Waals surface area contributed by atoms with E-state index in [9.17, 15) is 27.5 Å². The lowest BCUT2D eigenvalue weighted by atomic mass is 9.94. The highest BCUT2D eigenvalue weighted by Crippen LogP contribution is 2.40. The van der Waals surface area contributed by atoms with Crippen molar-refractivity contribution in [3.8, 4) is 45.0 Å². The van der Waals surface area contributed by atoms with Gasteiger partial charge in [0.15, 0.2) is 6.29 Å². The standard InChI is InChI=1S/C22H16ClF2N3O.C17H11ClF2N2O/c1-28-21(17-9-8-16(24)11-18(17)25)19(22(29)14-3-2-10-26-12-14)20(27-28)13-4-6-15(23)7-5-13;1-22-17(13-7-6-12(19)8-15(13)20)14(9-23)16(21-22)10-2-4-11(18)5-3-10/h2-12,22,29H,1H3;2-9H,1H3. The number of aromatic nitrogens is 5. The van der Waals surface area contributed by atoms with Crippen LogP contribution in [0.5, 0.6) is 0 Å². The maximum atomic E-state index is 14.6. The van der Waals surface area contributed by atoms with Crippen molar-refractivity contribution in [2.75, 3.05) is 0 Å². The summed E-state index contributed by atoms with van der Waals surface area (Å²) in [6.45, 7) is 0. The Bertz CT molecular complexity index is 2380. The first-order valence-corrected chi connectivity index (χ1v) is 16.3. The Kier molecular flexibility index (Phi) is 10.7. The summed E-state index contributed by atoms with van der Waals surface area (Å²) in [6, 6.07) is 23.7. The van der Waals surface area contributed by atoms with Crippen LogP contribution in [0.25, 0.3) is 45.0 Å². The van der Waals surface area contributed by atoms with Gasteiger partial charge in [0.2, 0.25) is 0 Å². The maximum absolute atomic E-state index is 14.6. The van der Waals surface area contributed by atoms with E-state index in [2.05, 4.69) is 15.2 Å². The van der Waals surface area contributed by atoms with Crippen LogP contribution in [0.15, 0.2) is 109 Å². The number of hydrogen-bond acceptors (Lipinski definition) is 5. The molecule has 3 aromatic heterocycles. The van der Waals surface area contributed by atoms with Gasteiger partial charge in [0.05, 0.1) is 22.6 Å². The van der Waals surface area contributed by atoms with Gasteiger partial charge in [0, 0.05) is 82.0 Å². The van der Waals surface area contributed by atoms with Crippen LogP contribution in [0.4, 0.5) is 17.6 Å². The van der Waals surface area contributed by atoms with Gasteiger partial charge in [-0.2, -0.15) is 10.2 Å². The molecule has 262 valence electrons. The molecular weight excluding hydrogens is 717 g/mol. The average molecular weight is 745 g/mol. The van der Waals surface area contributed by atoms with Gasteiger partial charge in [-0.25, -0.2) is 17.6 Å². The Hall–Kier alpha value is -5.62. The first kappa shape index (κ1) is 36.2. The second kappa shape index (κ2) is 15.3. The molecule has 1 atom stereocenters. The van der Waals surface area contributed by atoms with Crippen LogP contribution in [0.1, 0.15) is 27.6 Å². The van der Waals surface area contributed by atoms with Gasteiger partial charge in [-0.15, -0.1) is 0 Å². The number of nitrogens with zero attached hydrogens (tertiary/aromatic N) is 5. The van der Waals surface area contributed by atoms with Crippen molar-refractivity contribution in [1.29, 1.82) is 0 Å². The third-order valence-corrected chi connectivity index (χ3v) is 8.67. The Labute approximate surface area is 305 Å². The number of carbonyl (C=O) groups is 1. The molecule has 0 radical (unpaired) electrons. The number of carbonyl (C=O) groups excluding carboxylic acids is 1. The van der Waals surface area contributed by atoms with Gasteiger partial charge in [-0.1, -0.05) is 53.5 Å². The minimum Gasteiger partial charge on any atom is -0.383 e. The number of aryl methyl sites for hydroxylation is 2. The van der Waals surface area contributed by atoms with Crippen LogP contribution in [0.2, 0.25) is 10.0 Å². The largest absolute Gasteiger partial charge is 0.383 e. The fourth-order valence-electron chi connectivity index (χ4n) is 5.80. The van der Waals surface area contributed by atoms with Crippen LogP contribution in [-0.4, -0.2) is 35.9 Å². The number of aliphatic hydroxyl groups excluding tert-OH is 1. The van der Waals surface area contributed by atoms with Gasteiger partial charge in [0.1, 0.15) is 35.1 Å². The first-order chi connectivity index (χ1) is 25.0. The normalized spacial score (nSPS) is 11.6. The summed E-state index contributed by atoms with van der Waals surface area (Å²) in [6.07, 6.45) is 2.63. The molecule has 7 aromatic rings. The van der Waals surface area contributed by atoms with E-state index in [1.165, 1.54) is 33.8 Å². The third-order valence-electron chi connectivity index (χ3n) is 8.17. The molecule has 7 nitrogen and oxygen atoms in total. The molecule has 0 aliphatic heterocycles. The summed E-state index contributed by atoms with van der Waals surface area (Å²) >= 11 is 11.9. The highest BCUT2D eigenvalue weighted by atomic mass is 35.5. The van der Waals surface area contributed by atoms with Crippen molar-refractivity contribution in [1.82, 2.24) is 24.5 Å². The van der Waals surface area contributed by atoms with E-state index in [-0.39, 0.29) is 16.7 Å². The monoisotopic (exact) mass is 743 g/mol. The number of aldehydes is 1. The van der Waals surface area contributed by atoms with Crippen LogP contribution in [-0.2, 0) is 14.1 Å². The SMILES string of the molecule is Cn1nc(-c2ccc(Cl)cc2)c(C(O)c2cccnc2)c1-c1ccc(F)cc1F.Cn1nc(-c2ccc(Cl)cc2)c(C=O)c1-c1ccc(F)cc1F. The van der Waals surface area contributed by atoms with E-state index in [0.29, 0.717) is 61.4 Å². The second-order valence-electron chi connectivity index (χ2n) is 11.5. The van der Waals surface area contributed by atoms with Gasteiger partial charge in [-0.3, -0.25) is 19.1 Å². The molecule has 0 bridgehead atoms. The zero-order chi connectivity index (χ0) is 37.1. The maximum Gasteiger partial charge on any atom is 0.154 e. The van der Waals surface area contributed by atoms with Gasteiger partial charge >= 0.3 is 0 Å². The first-order valence-electron chi connectivity index (χ1n) is 15.6. The number of hydrogen-bond donors (Lipinski definition) is 1. The van der Waals surface area contributed by atoms with E-state index >= 15 is 0 Å². The zero-order valence-electron chi connectivity index (χ0n) is 27.4. The molecule has 13 heteroatoms.